The van der Waals surface area contributed by atoms with Gasteiger partial charge in [-0.15, -0.1) is 0 Å². The number of anilines is 1. The zero-order chi connectivity index (χ0) is 27.7. The fourth-order valence-corrected chi connectivity index (χ4v) is 3.83. The van der Waals surface area contributed by atoms with E-state index in [4.69, 9.17) is 4.74 Å². The summed E-state index contributed by atoms with van der Waals surface area (Å²) in [5, 5.41) is 14.3. The fraction of sp³-hybridized carbons (Fsp3) is 0.400. The maximum absolute atomic E-state index is 13.3. The Morgan fingerprint density at radius 2 is 1.68 bits per heavy atom. The smallest absolute Gasteiger partial charge is 0.409 e. The summed E-state index contributed by atoms with van der Waals surface area (Å²) in [6.07, 6.45) is -0.966. The minimum absolute atomic E-state index is 0.0972. The predicted molar refractivity (Wildman–Crippen MR) is 135 cm³/mol. The van der Waals surface area contributed by atoms with Crippen LogP contribution in [-0.4, -0.2) is 93.5 Å². The van der Waals surface area contributed by atoms with Crippen LogP contribution in [0.4, 0.5) is 10.6 Å². The number of aliphatic carboxylic acids is 1. The second kappa shape index (κ2) is 13.1. The Morgan fingerprint density at radius 1 is 1.03 bits per heavy atom. The summed E-state index contributed by atoms with van der Waals surface area (Å²) in [5.74, 6) is -2.44. The summed E-state index contributed by atoms with van der Waals surface area (Å²) in [6.45, 7) is 4.14. The molecule has 1 aromatic carbocycles. The highest BCUT2D eigenvalue weighted by Crippen LogP contribution is 2.18. The predicted octanol–water partition coefficient (Wildman–Crippen LogP) is 1.37. The molecule has 0 saturated carbocycles. The fourth-order valence-electron chi connectivity index (χ4n) is 3.83. The molecular weight excluding hydrogens is 496 g/mol. The van der Waals surface area contributed by atoms with Crippen LogP contribution in [0.2, 0.25) is 0 Å². The van der Waals surface area contributed by atoms with Crippen molar-refractivity contribution in [3.63, 3.8) is 0 Å². The lowest BCUT2D eigenvalue weighted by molar-refractivity contribution is -0.138. The van der Waals surface area contributed by atoms with Crippen LogP contribution in [0.15, 0.2) is 36.4 Å². The number of piperazine rings is 1. The number of aromatic nitrogens is 2. The average Bonchev–Trinajstić information content (AvgIpc) is 2.90. The highest BCUT2D eigenvalue weighted by atomic mass is 16.6. The Labute approximate surface area is 219 Å². The first kappa shape index (κ1) is 28.0. The van der Waals surface area contributed by atoms with Crippen molar-refractivity contribution < 1.29 is 33.8 Å². The molecule has 3 rings (SSSR count). The van der Waals surface area contributed by atoms with E-state index in [9.17, 15) is 29.1 Å². The number of nitrogens with zero attached hydrogens (tertiary/aromatic N) is 4. The Hall–Kier alpha value is -4.55. The highest BCUT2D eigenvalue weighted by molar-refractivity contribution is 5.98. The molecule has 0 spiro atoms. The van der Waals surface area contributed by atoms with Crippen molar-refractivity contribution in [2.45, 2.75) is 32.7 Å². The average molecular weight is 527 g/mol. The van der Waals surface area contributed by atoms with E-state index in [0.717, 1.165) is 0 Å². The monoisotopic (exact) mass is 526 g/mol. The number of carbonyl (C=O) groups excluding carboxylic acids is 4. The molecule has 4 amide bonds. The molecule has 13 nitrogen and oxygen atoms in total. The van der Waals surface area contributed by atoms with Crippen LogP contribution in [0.1, 0.15) is 37.2 Å². The first-order valence-electron chi connectivity index (χ1n) is 12.1. The topological polar surface area (TPSA) is 171 Å². The minimum Gasteiger partial charge on any atom is -0.481 e. The summed E-state index contributed by atoms with van der Waals surface area (Å²) >= 11 is 0. The molecule has 202 valence electrons. The lowest BCUT2D eigenvalue weighted by Gasteiger charge is -2.35. The molecule has 1 aliphatic heterocycles. The van der Waals surface area contributed by atoms with E-state index in [0.29, 0.717) is 5.56 Å². The van der Waals surface area contributed by atoms with Crippen LogP contribution in [0.3, 0.4) is 0 Å². The molecule has 1 aliphatic rings. The molecule has 0 unspecified atom stereocenters. The largest absolute Gasteiger partial charge is 0.481 e. The number of nitrogens with one attached hydrogen (secondary N) is 2. The third-order valence-electron chi connectivity index (χ3n) is 5.66. The van der Waals surface area contributed by atoms with Crippen molar-refractivity contribution in [2.75, 3.05) is 38.1 Å². The second-order valence-corrected chi connectivity index (χ2v) is 8.48. The lowest BCUT2D eigenvalue weighted by atomic mass is 10.1. The van der Waals surface area contributed by atoms with Gasteiger partial charge >= 0.3 is 12.1 Å². The molecule has 1 saturated heterocycles. The molecular formula is C25H30N6O7. The normalized spacial score (nSPS) is 13.8. The van der Waals surface area contributed by atoms with E-state index >= 15 is 0 Å². The van der Waals surface area contributed by atoms with Crippen LogP contribution >= 0.6 is 0 Å². The Bertz CT molecular complexity index is 1180. The number of hydrogen-bond acceptors (Lipinski definition) is 8. The molecule has 0 radical (unpaired) electrons. The van der Waals surface area contributed by atoms with E-state index in [-0.39, 0.29) is 63.0 Å². The molecule has 3 N–H and O–H groups in total. The minimum atomic E-state index is -1.15. The Morgan fingerprint density at radius 3 is 2.29 bits per heavy atom. The Kier molecular flexibility index (Phi) is 9.68. The molecule has 1 aromatic heterocycles. The van der Waals surface area contributed by atoms with Gasteiger partial charge in [0.1, 0.15) is 17.6 Å². The van der Waals surface area contributed by atoms with Gasteiger partial charge in [-0.3, -0.25) is 19.2 Å². The quantitative estimate of drug-likeness (QED) is 0.436. The lowest BCUT2D eigenvalue weighted by Crippen LogP contribution is -2.56. The SMILES string of the molecule is CCOC(=O)N1CCN(C(=O)[C@H](CCC(=O)O)NC(=O)c2cc(NC(C)=O)nc(-c3ccccc3)n2)CC1. The third-order valence-corrected chi connectivity index (χ3v) is 5.66. The summed E-state index contributed by atoms with van der Waals surface area (Å²) in [7, 11) is 0. The number of benzene rings is 1. The van der Waals surface area contributed by atoms with Gasteiger partial charge < -0.3 is 30.3 Å². The number of hydrogen-bond donors (Lipinski definition) is 3. The van der Waals surface area contributed by atoms with Gasteiger partial charge in [0.25, 0.3) is 5.91 Å². The van der Waals surface area contributed by atoms with Crippen LogP contribution in [0, 0.1) is 0 Å². The highest BCUT2D eigenvalue weighted by Gasteiger charge is 2.31. The van der Waals surface area contributed by atoms with Gasteiger partial charge in [-0.1, -0.05) is 30.3 Å². The Balaban J connectivity index is 1.80. The van der Waals surface area contributed by atoms with Crippen molar-refractivity contribution in [1.82, 2.24) is 25.1 Å². The van der Waals surface area contributed by atoms with E-state index in [1.807, 2.05) is 0 Å². The van der Waals surface area contributed by atoms with Gasteiger partial charge in [0, 0.05) is 51.2 Å². The van der Waals surface area contributed by atoms with E-state index in [1.165, 1.54) is 22.8 Å². The van der Waals surface area contributed by atoms with Crippen molar-refractivity contribution in [3.05, 3.63) is 42.1 Å². The maximum Gasteiger partial charge on any atom is 0.409 e. The van der Waals surface area contributed by atoms with E-state index < -0.39 is 35.8 Å². The first-order chi connectivity index (χ1) is 18.2. The molecule has 13 heteroatoms. The van der Waals surface area contributed by atoms with Gasteiger partial charge in [0.05, 0.1) is 6.61 Å². The number of rotatable bonds is 9. The number of carbonyl (C=O) groups is 5. The molecule has 2 heterocycles. The van der Waals surface area contributed by atoms with Crippen molar-refractivity contribution in [3.8, 4) is 11.4 Å². The van der Waals surface area contributed by atoms with Crippen LogP contribution in [0.25, 0.3) is 11.4 Å². The maximum atomic E-state index is 13.3. The van der Waals surface area contributed by atoms with Crippen LogP contribution < -0.4 is 10.6 Å². The van der Waals surface area contributed by atoms with Crippen molar-refractivity contribution in [2.24, 2.45) is 0 Å². The van der Waals surface area contributed by atoms with Crippen molar-refractivity contribution >= 4 is 35.6 Å². The molecule has 1 fully saturated rings. The summed E-state index contributed by atoms with van der Waals surface area (Å²) < 4.78 is 4.99. The third kappa shape index (κ3) is 7.72. The van der Waals surface area contributed by atoms with E-state index in [1.54, 1.807) is 37.3 Å². The van der Waals surface area contributed by atoms with E-state index in [2.05, 4.69) is 20.6 Å². The van der Waals surface area contributed by atoms with Gasteiger partial charge in [0.15, 0.2) is 5.82 Å². The number of carboxylic acid groups (broad SMARTS) is 1. The second-order valence-electron chi connectivity index (χ2n) is 8.48. The van der Waals surface area contributed by atoms with Gasteiger partial charge in [-0.25, -0.2) is 14.8 Å². The number of ether oxygens (including phenoxy) is 1. The summed E-state index contributed by atoms with van der Waals surface area (Å²) in [6, 6.07) is 8.96. The zero-order valence-electron chi connectivity index (χ0n) is 21.2. The molecule has 0 bridgehead atoms. The van der Waals surface area contributed by atoms with Gasteiger partial charge in [-0.05, 0) is 13.3 Å². The number of amides is 4. The summed E-state index contributed by atoms with van der Waals surface area (Å²) in [4.78, 5) is 72.8. The van der Waals surface area contributed by atoms with Crippen LogP contribution in [-0.2, 0) is 19.1 Å². The van der Waals surface area contributed by atoms with Crippen molar-refractivity contribution in [1.29, 1.82) is 0 Å². The number of carboxylic acids is 1. The molecule has 38 heavy (non-hydrogen) atoms. The van der Waals surface area contributed by atoms with Crippen LogP contribution in [0.5, 0.6) is 0 Å². The van der Waals surface area contributed by atoms with Gasteiger partial charge in [0.2, 0.25) is 11.8 Å². The molecule has 0 aliphatic carbocycles. The summed E-state index contributed by atoms with van der Waals surface area (Å²) in [5.41, 5.74) is 0.495. The molecule has 2 aromatic rings. The molecule has 1 atom stereocenters. The zero-order valence-corrected chi connectivity index (χ0v) is 21.2. The van der Waals surface area contributed by atoms with Gasteiger partial charge in [-0.2, -0.15) is 0 Å². The standard InChI is InChI=1S/C25H30N6O7/c1-3-38-25(37)31-13-11-30(12-14-31)24(36)18(9-10-21(33)34)28-23(35)19-15-20(26-16(2)32)29-22(27-19)17-7-5-4-6-8-17/h4-8,15,18H,3,9-14H2,1-2H3,(H,28,35)(H,33,34)(H,26,27,29,32)/t18-/m0/s1. The first-order valence-corrected chi connectivity index (χ1v) is 12.1.